The number of amides is 1. The maximum absolute atomic E-state index is 14.5. The Balaban J connectivity index is 1.99. The number of imidazole rings is 1. The molecule has 0 radical (unpaired) electrons. The number of carbonyl (C=O) groups excluding carboxylic acids is 2. The van der Waals surface area contributed by atoms with Gasteiger partial charge in [-0.05, 0) is 39.8 Å². The van der Waals surface area contributed by atoms with E-state index in [0.29, 0.717) is 26.6 Å². The molecule has 2 aromatic carbocycles. The molecule has 1 heterocycles. The molecule has 0 fully saturated rings. The molecule has 1 aromatic heterocycles. The summed E-state index contributed by atoms with van der Waals surface area (Å²) in [5, 5.41) is 8.40. The van der Waals surface area contributed by atoms with Crippen molar-refractivity contribution in [1.82, 2.24) is 14.9 Å². The Labute approximate surface area is 182 Å². The number of methoxy groups -OCH3 is 1. The van der Waals surface area contributed by atoms with Crippen LogP contribution >= 0.6 is 27.7 Å². The van der Waals surface area contributed by atoms with E-state index in [1.54, 1.807) is 36.4 Å². The number of nitrogens with one attached hydrogen (secondary N) is 1. The maximum atomic E-state index is 14.5. The molecule has 7 nitrogen and oxygen atoms in total. The molecule has 0 unspecified atom stereocenters. The van der Waals surface area contributed by atoms with Crippen molar-refractivity contribution in [3.05, 3.63) is 52.8 Å². The summed E-state index contributed by atoms with van der Waals surface area (Å²) < 4.78 is 35.1. The quantitative estimate of drug-likeness (QED) is 0.415. The number of alkyl halides is 2. The molecular weight excluding hydrogens is 482 g/mol. The van der Waals surface area contributed by atoms with E-state index in [0.717, 1.165) is 7.11 Å². The number of benzene rings is 2. The lowest BCUT2D eigenvalue weighted by atomic mass is 10.0. The van der Waals surface area contributed by atoms with Gasteiger partial charge in [-0.15, -0.1) is 0 Å². The summed E-state index contributed by atoms with van der Waals surface area (Å²) in [6, 6.07) is 12.3. The van der Waals surface area contributed by atoms with Crippen LogP contribution in [0.1, 0.15) is 5.56 Å². The summed E-state index contributed by atoms with van der Waals surface area (Å²) >= 11 is 3.23. The lowest BCUT2D eigenvalue weighted by Gasteiger charge is -2.17. The Hall–Kier alpha value is -2.97. The topological polar surface area (TPSA) is 97.0 Å². The Bertz CT molecular complexity index is 1180. The Morgan fingerprint density at radius 2 is 2.00 bits per heavy atom. The van der Waals surface area contributed by atoms with Gasteiger partial charge < -0.3 is 10.1 Å². The van der Waals surface area contributed by atoms with Crippen molar-refractivity contribution in [3.63, 3.8) is 0 Å². The maximum Gasteiger partial charge on any atom is 0.377 e. The molecule has 0 aliphatic heterocycles. The number of fused-ring (bicyclic) bond motifs is 1. The van der Waals surface area contributed by atoms with Crippen molar-refractivity contribution >= 4 is 50.3 Å². The van der Waals surface area contributed by atoms with Crippen LogP contribution in [0, 0.1) is 11.3 Å². The molecule has 3 aromatic rings. The minimum Gasteiger partial charge on any atom is -0.468 e. The minimum atomic E-state index is -3.90. The third kappa shape index (κ3) is 4.29. The number of nitrogens with zero attached hydrogens (tertiary/aromatic N) is 3. The van der Waals surface area contributed by atoms with Crippen LogP contribution in [0.5, 0.6) is 0 Å². The summed E-state index contributed by atoms with van der Waals surface area (Å²) in [5.41, 5.74) is 0.939. The van der Waals surface area contributed by atoms with Gasteiger partial charge in [0.25, 0.3) is 0 Å². The first kappa shape index (κ1) is 21.7. The van der Waals surface area contributed by atoms with Crippen molar-refractivity contribution in [3.8, 4) is 11.8 Å². The van der Waals surface area contributed by atoms with Gasteiger partial charge in [-0.2, -0.15) is 14.0 Å². The molecule has 154 valence electrons. The van der Waals surface area contributed by atoms with E-state index in [9.17, 15) is 23.6 Å². The van der Waals surface area contributed by atoms with Crippen LogP contribution in [0.2, 0.25) is 0 Å². The van der Waals surface area contributed by atoms with Crippen LogP contribution in [0.4, 0.5) is 8.78 Å². The second-order valence-corrected chi connectivity index (χ2v) is 7.76. The first-order chi connectivity index (χ1) is 14.3. The Morgan fingerprint density at radius 1 is 1.30 bits per heavy atom. The molecule has 0 aliphatic rings. The smallest absolute Gasteiger partial charge is 0.377 e. The highest BCUT2D eigenvalue weighted by Gasteiger charge is 2.42. The molecule has 1 N–H and O–H groups in total. The van der Waals surface area contributed by atoms with Crippen molar-refractivity contribution in [2.24, 2.45) is 0 Å². The predicted molar refractivity (Wildman–Crippen MR) is 109 cm³/mol. The zero-order valence-electron chi connectivity index (χ0n) is 15.4. The number of aromatic nitrogens is 2. The van der Waals surface area contributed by atoms with Gasteiger partial charge in [-0.3, -0.25) is 14.2 Å². The molecule has 3 rings (SSSR count). The largest absolute Gasteiger partial charge is 0.468 e. The van der Waals surface area contributed by atoms with E-state index in [-0.39, 0.29) is 16.9 Å². The van der Waals surface area contributed by atoms with Gasteiger partial charge in [0, 0.05) is 10.8 Å². The number of esters is 1. The molecule has 0 aliphatic carbocycles. The second kappa shape index (κ2) is 8.81. The van der Waals surface area contributed by atoms with Crippen molar-refractivity contribution in [2.45, 2.75) is 10.4 Å². The highest BCUT2D eigenvalue weighted by atomic mass is 79.9. The zero-order valence-corrected chi connectivity index (χ0v) is 17.8. The number of thioether (sulfide) groups is 1. The van der Waals surface area contributed by atoms with Crippen molar-refractivity contribution < 1.29 is 23.1 Å². The van der Waals surface area contributed by atoms with E-state index in [1.165, 1.54) is 10.8 Å². The summed E-state index contributed by atoms with van der Waals surface area (Å²) in [5.74, 6) is -2.49. The number of halogens is 3. The first-order valence-corrected chi connectivity index (χ1v) is 9.97. The van der Waals surface area contributed by atoms with Crippen LogP contribution in [0.15, 0.2) is 52.4 Å². The highest BCUT2D eigenvalue weighted by Crippen LogP contribution is 2.39. The molecule has 0 saturated heterocycles. The van der Waals surface area contributed by atoms with E-state index in [4.69, 9.17) is 0 Å². The average Bonchev–Trinajstić information content (AvgIpc) is 3.09. The number of carbonyl (C=O) groups is 2. The van der Waals surface area contributed by atoms with Crippen LogP contribution in [-0.2, 0) is 14.3 Å². The molecule has 30 heavy (non-hydrogen) atoms. The Kier molecular flexibility index (Phi) is 6.38. The monoisotopic (exact) mass is 494 g/mol. The number of rotatable bonds is 6. The summed E-state index contributed by atoms with van der Waals surface area (Å²) in [6.07, 6.45) is 1.33. The van der Waals surface area contributed by atoms with Crippen molar-refractivity contribution in [2.75, 3.05) is 13.7 Å². The molecule has 0 bridgehead atoms. The van der Waals surface area contributed by atoms with Gasteiger partial charge in [-0.1, -0.05) is 24.3 Å². The zero-order chi connectivity index (χ0) is 21.9. The molecule has 0 spiro atoms. The van der Waals surface area contributed by atoms with Crippen LogP contribution in [0.25, 0.3) is 16.5 Å². The van der Waals surface area contributed by atoms with E-state index < -0.39 is 23.7 Å². The van der Waals surface area contributed by atoms with Gasteiger partial charge in [0.05, 0.1) is 30.6 Å². The van der Waals surface area contributed by atoms with Gasteiger partial charge in [0.2, 0.25) is 0 Å². The fraction of sp³-hybridized carbons (Fsp3) is 0.158. The van der Waals surface area contributed by atoms with E-state index in [1.807, 2.05) is 5.32 Å². The average molecular weight is 495 g/mol. The van der Waals surface area contributed by atoms with Crippen molar-refractivity contribution in [1.29, 1.82) is 5.26 Å². The third-order valence-corrected chi connectivity index (χ3v) is 5.53. The number of ether oxygens (including phenoxy) is 1. The van der Waals surface area contributed by atoms with Crippen LogP contribution in [0.3, 0.4) is 0 Å². The van der Waals surface area contributed by atoms with E-state index >= 15 is 0 Å². The molecule has 0 atom stereocenters. The summed E-state index contributed by atoms with van der Waals surface area (Å²) in [4.78, 5) is 26.9. The number of hydrogen-bond acceptors (Lipinski definition) is 6. The SMILES string of the molecule is COC(=O)CNC(=O)C(F)(F)Sc1ncc(Br)n1-c1ccc(C#N)c2ccccc12. The van der Waals surface area contributed by atoms with E-state index in [2.05, 4.69) is 31.7 Å². The molecular formula is C19H13BrF2N4O3S. The van der Waals surface area contributed by atoms with Crippen LogP contribution in [-0.4, -0.2) is 40.3 Å². The molecule has 1 amide bonds. The third-order valence-electron chi connectivity index (χ3n) is 4.05. The van der Waals surface area contributed by atoms with Gasteiger partial charge in [0.1, 0.15) is 11.1 Å². The number of nitriles is 1. The highest BCUT2D eigenvalue weighted by molar-refractivity contribution is 9.10. The molecule has 0 saturated carbocycles. The lowest BCUT2D eigenvalue weighted by Crippen LogP contribution is -2.40. The predicted octanol–water partition coefficient (Wildman–Crippen LogP) is 3.63. The fourth-order valence-electron chi connectivity index (χ4n) is 2.67. The van der Waals surface area contributed by atoms with Gasteiger partial charge >= 0.3 is 17.1 Å². The number of hydrogen-bond donors (Lipinski definition) is 1. The minimum absolute atomic E-state index is 0.0666. The normalized spacial score (nSPS) is 11.2. The van der Waals surface area contributed by atoms with Crippen LogP contribution < -0.4 is 5.32 Å². The first-order valence-electron chi connectivity index (χ1n) is 8.36. The Morgan fingerprint density at radius 3 is 2.67 bits per heavy atom. The summed E-state index contributed by atoms with van der Waals surface area (Å²) in [6.45, 7) is -0.677. The lowest BCUT2D eigenvalue weighted by molar-refractivity contribution is -0.143. The summed E-state index contributed by atoms with van der Waals surface area (Å²) in [7, 11) is 1.08. The van der Waals surface area contributed by atoms with Gasteiger partial charge in [0.15, 0.2) is 5.16 Å². The van der Waals surface area contributed by atoms with Gasteiger partial charge in [-0.25, -0.2) is 4.98 Å². The fourth-order valence-corrected chi connectivity index (χ4v) is 4.04. The standard InChI is InChI=1S/C19H13BrF2N4O3S/c1-29-16(27)10-24-17(28)19(21,22)30-18-25-9-15(20)26(18)14-7-6-11(8-23)12-4-2-3-5-13(12)14/h2-7,9H,10H2,1H3,(H,24,28). The second-order valence-electron chi connectivity index (χ2n) is 5.87. The molecule has 11 heteroatoms.